The first kappa shape index (κ1) is 22.0. The maximum atomic E-state index is 14.0. The highest BCUT2D eigenvalue weighted by molar-refractivity contribution is 7.98. The van der Waals surface area contributed by atoms with Crippen LogP contribution in [0, 0.1) is 15.9 Å². The van der Waals surface area contributed by atoms with E-state index >= 15 is 0 Å². The molecule has 2 aromatic carbocycles. The predicted molar refractivity (Wildman–Crippen MR) is 125 cm³/mol. The fourth-order valence-electron chi connectivity index (χ4n) is 4.39. The summed E-state index contributed by atoms with van der Waals surface area (Å²) < 4.78 is 14.0. The zero-order valence-corrected chi connectivity index (χ0v) is 18.7. The Labute approximate surface area is 197 Å². The first-order valence-corrected chi connectivity index (χ1v) is 11.7. The van der Waals surface area contributed by atoms with E-state index in [2.05, 4.69) is 15.3 Å². The lowest BCUT2D eigenvalue weighted by atomic mass is 9.76. The van der Waals surface area contributed by atoms with Crippen LogP contribution in [-0.4, -0.2) is 20.7 Å². The molecular weight excluding hydrogens is 459 g/mol. The Morgan fingerprint density at radius 1 is 1.12 bits per heavy atom. The van der Waals surface area contributed by atoms with Gasteiger partial charge in [0.2, 0.25) is 0 Å². The van der Waals surface area contributed by atoms with Crippen LogP contribution in [0.1, 0.15) is 41.9 Å². The summed E-state index contributed by atoms with van der Waals surface area (Å²) in [7, 11) is 0. The number of aromatic amines is 1. The van der Waals surface area contributed by atoms with Gasteiger partial charge in [0.1, 0.15) is 11.6 Å². The molecule has 3 aromatic rings. The van der Waals surface area contributed by atoms with E-state index in [1.54, 1.807) is 30.3 Å². The van der Waals surface area contributed by atoms with Crippen molar-refractivity contribution in [2.24, 2.45) is 0 Å². The Bertz CT molecular complexity index is 1400. The number of fused-ring (bicyclic) bond motifs is 1. The van der Waals surface area contributed by atoms with Crippen molar-refractivity contribution in [1.29, 1.82) is 0 Å². The SMILES string of the molecule is O=C1CCCC2=C1[C@@H](c1ccc([N+](=O)[O-])cc1)c1c(nc(SCc3ccccc3F)[nH]c1=O)N2. The molecule has 1 aliphatic carbocycles. The van der Waals surface area contributed by atoms with Gasteiger partial charge in [-0.05, 0) is 30.0 Å². The lowest BCUT2D eigenvalue weighted by Crippen LogP contribution is -2.32. The first-order chi connectivity index (χ1) is 16.4. The first-order valence-electron chi connectivity index (χ1n) is 10.7. The molecule has 0 bridgehead atoms. The lowest BCUT2D eigenvalue weighted by Gasteiger charge is -2.32. The smallest absolute Gasteiger partial charge is 0.269 e. The number of nitro benzene ring substituents is 1. The lowest BCUT2D eigenvalue weighted by molar-refractivity contribution is -0.384. The highest BCUT2D eigenvalue weighted by Gasteiger charge is 2.38. The van der Waals surface area contributed by atoms with E-state index < -0.39 is 16.4 Å². The molecule has 1 aliphatic heterocycles. The molecule has 34 heavy (non-hydrogen) atoms. The van der Waals surface area contributed by atoms with Gasteiger partial charge in [-0.15, -0.1) is 0 Å². The fraction of sp³-hybridized carbons (Fsp3) is 0.208. The minimum atomic E-state index is -0.679. The second kappa shape index (κ2) is 8.86. The highest BCUT2D eigenvalue weighted by atomic mass is 32.2. The zero-order valence-electron chi connectivity index (χ0n) is 17.8. The van der Waals surface area contributed by atoms with Gasteiger partial charge in [0.25, 0.3) is 11.2 Å². The number of carbonyl (C=O) groups excluding carboxylic acids is 1. The predicted octanol–water partition coefficient (Wildman–Crippen LogP) is 4.67. The molecule has 0 amide bonds. The van der Waals surface area contributed by atoms with Gasteiger partial charge in [0.15, 0.2) is 10.9 Å². The third kappa shape index (κ3) is 4.01. The number of anilines is 1. The molecule has 2 heterocycles. The van der Waals surface area contributed by atoms with Crippen LogP contribution in [0.4, 0.5) is 15.9 Å². The summed E-state index contributed by atoms with van der Waals surface area (Å²) in [5.41, 5.74) is 2.12. The van der Waals surface area contributed by atoms with Crippen molar-refractivity contribution in [3.8, 4) is 0 Å². The number of aromatic nitrogens is 2. The number of thioether (sulfide) groups is 1. The quantitative estimate of drug-likeness (QED) is 0.237. The van der Waals surface area contributed by atoms with Gasteiger partial charge in [-0.2, -0.15) is 0 Å². The van der Waals surface area contributed by atoms with Gasteiger partial charge >= 0.3 is 0 Å². The summed E-state index contributed by atoms with van der Waals surface area (Å²) in [6, 6.07) is 12.3. The van der Waals surface area contributed by atoms with Crippen molar-refractivity contribution in [2.45, 2.75) is 36.1 Å². The van der Waals surface area contributed by atoms with Crippen LogP contribution in [0.2, 0.25) is 0 Å². The van der Waals surface area contributed by atoms with Crippen LogP contribution in [0.5, 0.6) is 0 Å². The second-order valence-electron chi connectivity index (χ2n) is 8.09. The summed E-state index contributed by atoms with van der Waals surface area (Å²) in [5, 5.41) is 14.6. The normalized spacial score (nSPS) is 17.1. The number of hydrogen-bond donors (Lipinski definition) is 2. The van der Waals surface area contributed by atoms with E-state index in [4.69, 9.17) is 0 Å². The number of nitrogens with zero attached hydrogens (tertiary/aromatic N) is 2. The topological polar surface area (TPSA) is 118 Å². The number of hydrogen-bond acceptors (Lipinski definition) is 7. The van der Waals surface area contributed by atoms with Gasteiger partial charge in [-0.3, -0.25) is 19.7 Å². The Hall–Kier alpha value is -3.79. The highest BCUT2D eigenvalue weighted by Crippen LogP contribution is 2.43. The van der Waals surface area contributed by atoms with Gasteiger partial charge in [0.05, 0.1) is 10.5 Å². The number of H-pyrrole nitrogens is 1. The largest absolute Gasteiger partial charge is 0.343 e. The van der Waals surface area contributed by atoms with Crippen LogP contribution in [0.25, 0.3) is 0 Å². The van der Waals surface area contributed by atoms with Crippen molar-refractivity contribution in [2.75, 3.05) is 5.32 Å². The number of nitro groups is 1. The third-order valence-corrected chi connectivity index (χ3v) is 6.92. The minimum Gasteiger partial charge on any atom is -0.343 e. The van der Waals surface area contributed by atoms with Crippen LogP contribution in [-0.2, 0) is 10.5 Å². The summed E-state index contributed by atoms with van der Waals surface area (Å²) in [5.74, 6) is -0.437. The van der Waals surface area contributed by atoms with Crippen LogP contribution in [0.3, 0.4) is 0 Å². The van der Waals surface area contributed by atoms with Crippen molar-refractivity contribution in [3.05, 3.63) is 103 Å². The number of Topliss-reactive ketones (excluding diaryl/α,β-unsaturated/α-hetero) is 1. The molecule has 8 nitrogen and oxygen atoms in total. The molecule has 2 N–H and O–H groups in total. The standard InChI is InChI=1S/C24H19FN4O4S/c25-16-5-2-1-4-14(16)12-34-24-27-22-21(23(31)28-24)19(13-8-10-15(11-9-13)29(32)33)20-17(26-22)6-3-7-18(20)30/h1-2,4-5,8-11,19H,3,6-7,12H2,(H2,26,27,28,31)/t19-/m1/s1. The number of halogens is 1. The Morgan fingerprint density at radius 2 is 1.88 bits per heavy atom. The van der Waals surface area contributed by atoms with Crippen molar-refractivity contribution < 1.29 is 14.1 Å². The molecule has 0 saturated carbocycles. The number of ketones is 1. The average Bonchev–Trinajstić information content (AvgIpc) is 2.82. The maximum Gasteiger partial charge on any atom is 0.269 e. The molecule has 0 spiro atoms. The van der Waals surface area contributed by atoms with Gasteiger partial charge < -0.3 is 10.3 Å². The molecule has 1 aromatic heterocycles. The number of non-ortho nitro benzene ring substituents is 1. The second-order valence-corrected chi connectivity index (χ2v) is 9.05. The number of benzene rings is 2. The van der Waals surface area contributed by atoms with E-state index in [-0.39, 0.29) is 28.6 Å². The molecule has 0 unspecified atom stereocenters. The molecule has 0 fully saturated rings. The number of carbonyl (C=O) groups is 1. The number of rotatable bonds is 5. The summed E-state index contributed by atoms with van der Waals surface area (Å²) in [6.45, 7) is 0. The van der Waals surface area contributed by atoms with Gasteiger partial charge in [-0.1, -0.05) is 42.1 Å². The minimum absolute atomic E-state index is 0.0554. The molecule has 0 radical (unpaired) electrons. The van der Waals surface area contributed by atoms with Crippen LogP contribution in [0.15, 0.2) is 69.8 Å². The molecule has 1 atom stereocenters. The fourth-order valence-corrected chi connectivity index (χ4v) is 5.24. The molecule has 172 valence electrons. The number of allylic oxidation sites excluding steroid dienone is 2. The van der Waals surface area contributed by atoms with E-state index in [0.29, 0.717) is 46.9 Å². The molecular formula is C24H19FN4O4S. The Morgan fingerprint density at radius 3 is 2.62 bits per heavy atom. The van der Waals surface area contributed by atoms with E-state index in [1.807, 2.05) is 0 Å². The zero-order chi connectivity index (χ0) is 23.8. The van der Waals surface area contributed by atoms with Crippen molar-refractivity contribution >= 4 is 29.1 Å². The van der Waals surface area contributed by atoms with Gasteiger partial charge in [0, 0.05) is 41.5 Å². The molecule has 0 saturated heterocycles. The van der Waals surface area contributed by atoms with Crippen molar-refractivity contribution in [3.63, 3.8) is 0 Å². The Kier molecular flexibility index (Phi) is 5.74. The van der Waals surface area contributed by atoms with E-state index in [9.17, 15) is 24.1 Å². The molecule has 10 heteroatoms. The number of nitrogens with one attached hydrogen (secondary N) is 2. The summed E-state index contributed by atoms with van der Waals surface area (Å²) in [4.78, 5) is 44.0. The Balaban J connectivity index is 1.56. The summed E-state index contributed by atoms with van der Waals surface area (Å²) in [6.07, 6.45) is 1.70. The maximum absolute atomic E-state index is 14.0. The van der Waals surface area contributed by atoms with Gasteiger partial charge in [-0.25, -0.2) is 9.37 Å². The van der Waals surface area contributed by atoms with E-state index in [0.717, 1.165) is 5.70 Å². The van der Waals surface area contributed by atoms with Crippen LogP contribution < -0.4 is 10.9 Å². The molecule has 5 rings (SSSR count). The van der Waals surface area contributed by atoms with Crippen molar-refractivity contribution in [1.82, 2.24) is 9.97 Å². The van der Waals surface area contributed by atoms with Crippen LogP contribution >= 0.6 is 11.8 Å². The molecule has 2 aliphatic rings. The average molecular weight is 479 g/mol. The monoisotopic (exact) mass is 478 g/mol. The summed E-state index contributed by atoms with van der Waals surface area (Å²) >= 11 is 1.20. The van der Waals surface area contributed by atoms with E-state index in [1.165, 1.54) is 30.0 Å². The third-order valence-electron chi connectivity index (χ3n) is 6.00.